The zero-order chi connectivity index (χ0) is 16.2. The van der Waals surface area contributed by atoms with Crippen LogP contribution in [0.1, 0.15) is 38.8 Å². The Bertz CT molecular complexity index is 635. The largest absolute Gasteiger partial charge is 0.382 e. The third-order valence-electron chi connectivity index (χ3n) is 4.42. The van der Waals surface area contributed by atoms with Crippen molar-refractivity contribution >= 4 is 11.3 Å². The number of nitrogens with one attached hydrogen (secondary N) is 1. The van der Waals surface area contributed by atoms with Crippen LogP contribution in [-0.4, -0.2) is 63.6 Å². The molecular weight excluding hydrogens is 292 g/mol. The number of fused-ring (bicyclic) bond motifs is 1. The summed E-state index contributed by atoms with van der Waals surface area (Å²) in [6.07, 6.45) is 2.74. The van der Waals surface area contributed by atoms with Gasteiger partial charge in [0, 0.05) is 25.7 Å². The highest BCUT2D eigenvalue weighted by molar-refractivity contribution is 5.66. The molecule has 2 aromatic heterocycles. The van der Waals surface area contributed by atoms with Gasteiger partial charge < -0.3 is 10.1 Å². The molecule has 2 aromatic rings. The molecule has 23 heavy (non-hydrogen) atoms. The van der Waals surface area contributed by atoms with Crippen molar-refractivity contribution in [3.63, 3.8) is 0 Å². The lowest BCUT2D eigenvalue weighted by atomic mass is 10.1. The lowest BCUT2D eigenvalue weighted by Crippen LogP contribution is -2.42. The van der Waals surface area contributed by atoms with Gasteiger partial charge in [-0.1, -0.05) is 13.8 Å². The van der Waals surface area contributed by atoms with Crippen LogP contribution < -0.4 is 5.32 Å². The Labute approximate surface area is 137 Å². The van der Waals surface area contributed by atoms with E-state index in [-0.39, 0.29) is 0 Å². The molecule has 7 heteroatoms. The van der Waals surface area contributed by atoms with Crippen molar-refractivity contribution in [2.45, 2.75) is 39.2 Å². The van der Waals surface area contributed by atoms with E-state index < -0.39 is 0 Å². The predicted octanol–water partition coefficient (Wildman–Crippen LogP) is 1.77. The third-order valence-corrected chi connectivity index (χ3v) is 4.42. The smallest absolute Gasteiger partial charge is 0.200 e. The van der Waals surface area contributed by atoms with E-state index in [1.54, 1.807) is 10.8 Å². The van der Waals surface area contributed by atoms with Gasteiger partial charge in [0.25, 0.3) is 0 Å². The molecule has 126 valence electrons. The molecule has 3 heterocycles. The molecular formula is C16H26N6O. The first kappa shape index (κ1) is 16.1. The maximum absolute atomic E-state index is 5.42. The second-order valence-corrected chi connectivity index (χ2v) is 6.45. The average Bonchev–Trinajstić information content (AvgIpc) is 3.04. The highest BCUT2D eigenvalue weighted by Crippen LogP contribution is 2.20. The van der Waals surface area contributed by atoms with Crippen molar-refractivity contribution in [1.82, 2.24) is 24.7 Å². The van der Waals surface area contributed by atoms with Crippen molar-refractivity contribution in [3.8, 4) is 0 Å². The second-order valence-electron chi connectivity index (χ2n) is 6.45. The topological polar surface area (TPSA) is 67.6 Å². The zero-order valence-corrected chi connectivity index (χ0v) is 14.2. The van der Waals surface area contributed by atoms with Gasteiger partial charge in [0.05, 0.1) is 24.6 Å². The molecule has 1 atom stereocenters. The van der Waals surface area contributed by atoms with Gasteiger partial charge >= 0.3 is 0 Å². The first-order valence-electron chi connectivity index (χ1n) is 8.42. The number of hydrogen-bond donors (Lipinski definition) is 1. The molecule has 7 nitrogen and oxygen atoms in total. The van der Waals surface area contributed by atoms with E-state index in [1.807, 2.05) is 0 Å². The maximum atomic E-state index is 5.42. The number of hydrogen-bond acceptors (Lipinski definition) is 6. The first-order valence-corrected chi connectivity index (χ1v) is 8.42. The Morgan fingerprint density at radius 3 is 2.78 bits per heavy atom. The molecule has 1 fully saturated rings. The average molecular weight is 318 g/mol. The van der Waals surface area contributed by atoms with Crippen molar-refractivity contribution in [3.05, 3.63) is 18.1 Å². The van der Waals surface area contributed by atoms with Gasteiger partial charge in [0.2, 0.25) is 5.65 Å². The van der Waals surface area contributed by atoms with Crippen LogP contribution in [0, 0.1) is 0 Å². The van der Waals surface area contributed by atoms with Gasteiger partial charge in [0.15, 0.2) is 0 Å². The van der Waals surface area contributed by atoms with E-state index in [1.165, 1.54) is 0 Å². The normalized spacial score (nSPS) is 17.7. The Kier molecular flexibility index (Phi) is 5.07. The fourth-order valence-electron chi connectivity index (χ4n) is 2.87. The lowest BCUT2D eigenvalue weighted by molar-refractivity contribution is 0.0193. The SMILES string of the molecule is CC(C)c1cc(NCCC(C)N2CCOCC2)c2nncn2n1. The van der Waals surface area contributed by atoms with Crippen LogP contribution in [0.3, 0.4) is 0 Å². The number of anilines is 1. The summed E-state index contributed by atoms with van der Waals surface area (Å²) < 4.78 is 7.17. The maximum Gasteiger partial charge on any atom is 0.200 e. The predicted molar refractivity (Wildman–Crippen MR) is 89.8 cm³/mol. The van der Waals surface area contributed by atoms with Gasteiger partial charge in [-0.2, -0.15) is 9.61 Å². The Morgan fingerprint density at radius 1 is 1.26 bits per heavy atom. The summed E-state index contributed by atoms with van der Waals surface area (Å²) in [5, 5.41) is 16.2. The molecule has 0 bridgehead atoms. The minimum absolute atomic E-state index is 0.370. The van der Waals surface area contributed by atoms with Crippen LogP contribution in [0.25, 0.3) is 5.65 Å². The first-order chi connectivity index (χ1) is 11.1. The Morgan fingerprint density at radius 2 is 2.04 bits per heavy atom. The van der Waals surface area contributed by atoms with Gasteiger partial charge in [0.1, 0.15) is 6.33 Å². The summed E-state index contributed by atoms with van der Waals surface area (Å²) in [6, 6.07) is 2.64. The van der Waals surface area contributed by atoms with Crippen LogP contribution in [0.2, 0.25) is 0 Å². The standard InChI is InChI=1S/C16H26N6O/c1-12(2)14-10-15(16-19-18-11-22(16)20-14)17-5-4-13(3)21-6-8-23-9-7-21/h10-13,17H,4-9H2,1-3H3. The number of nitrogens with zero attached hydrogens (tertiary/aromatic N) is 5. The summed E-state index contributed by atoms with van der Waals surface area (Å²) in [5.41, 5.74) is 2.84. The molecule has 1 unspecified atom stereocenters. The molecule has 0 aliphatic carbocycles. The van der Waals surface area contributed by atoms with E-state index in [0.29, 0.717) is 12.0 Å². The molecule has 1 aliphatic heterocycles. The van der Waals surface area contributed by atoms with Crippen molar-refractivity contribution < 1.29 is 4.74 Å². The summed E-state index contributed by atoms with van der Waals surface area (Å²) in [7, 11) is 0. The molecule has 0 spiro atoms. The van der Waals surface area contributed by atoms with Crippen LogP contribution in [0.5, 0.6) is 0 Å². The molecule has 3 rings (SSSR count). The van der Waals surface area contributed by atoms with E-state index in [2.05, 4.69) is 52.4 Å². The summed E-state index contributed by atoms with van der Waals surface area (Å²) in [4.78, 5) is 2.49. The van der Waals surface area contributed by atoms with Crippen LogP contribution in [0.4, 0.5) is 5.69 Å². The fraction of sp³-hybridized carbons (Fsp3) is 0.688. The molecule has 1 aliphatic rings. The van der Waals surface area contributed by atoms with Gasteiger partial charge in [-0.3, -0.25) is 4.90 Å². The van der Waals surface area contributed by atoms with E-state index in [0.717, 1.165) is 56.3 Å². The number of aromatic nitrogens is 4. The zero-order valence-electron chi connectivity index (χ0n) is 14.2. The van der Waals surface area contributed by atoms with E-state index in [4.69, 9.17) is 4.74 Å². The minimum atomic E-state index is 0.370. The van der Waals surface area contributed by atoms with Crippen molar-refractivity contribution in [2.75, 3.05) is 38.2 Å². The molecule has 1 saturated heterocycles. The molecule has 0 saturated carbocycles. The Hall–Kier alpha value is -1.73. The number of morpholine rings is 1. The molecule has 0 aromatic carbocycles. The fourth-order valence-corrected chi connectivity index (χ4v) is 2.87. The quantitative estimate of drug-likeness (QED) is 0.875. The number of ether oxygens (including phenoxy) is 1. The molecule has 0 radical (unpaired) electrons. The van der Waals surface area contributed by atoms with Crippen LogP contribution in [-0.2, 0) is 4.74 Å². The van der Waals surface area contributed by atoms with E-state index >= 15 is 0 Å². The summed E-state index contributed by atoms with van der Waals surface area (Å²) in [6.45, 7) is 11.2. The Balaban J connectivity index is 1.63. The van der Waals surface area contributed by atoms with Crippen LogP contribution in [0.15, 0.2) is 12.4 Å². The monoisotopic (exact) mass is 318 g/mol. The van der Waals surface area contributed by atoms with Crippen molar-refractivity contribution in [2.24, 2.45) is 0 Å². The third kappa shape index (κ3) is 3.79. The summed E-state index contributed by atoms with van der Waals surface area (Å²) >= 11 is 0. The van der Waals surface area contributed by atoms with Gasteiger partial charge in [-0.05, 0) is 25.3 Å². The lowest BCUT2D eigenvalue weighted by Gasteiger charge is -2.32. The van der Waals surface area contributed by atoms with Gasteiger partial charge in [-0.25, -0.2) is 0 Å². The molecule has 1 N–H and O–H groups in total. The van der Waals surface area contributed by atoms with Gasteiger partial charge in [-0.15, -0.1) is 10.2 Å². The summed E-state index contributed by atoms with van der Waals surface area (Å²) in [5.74, 6) is 0.370. The molecule has 0 amide bonds. The van der Waals surface area contributed by atoms with Crippen molar-refractivity contribution in [1.29, 1.82) is 0 Å². The highest BCUT2D eigenvalue weighted by Gasteiger charge is 2.17. The second kappa shape index (κ2) is 7.23. The highest BCUT2D eigenvalue weighted by atomic mass is 16.5. The van der Waals surface area contributed by atoms with E-state index in [9.17, 15) is 0 Å². The number of rotatable bonds is 6. The minimum Gasteiger partial charge on any atom is -0.382 e. The van der Waals surface area contributed by atoms with Crippen LogP contribution >= 0.6 is 0 Å².